The quantitative estimate of drug-likeness (QED) is 0.520. The Balaban J connectivity index is 3.64. The van der Waals surface area contributed by atoms with E-state index in [9.17, 15) is 8.76 Å². The van der Waals surface area contributed by atoms with Crippen LogP contribution in [0.3, 0.4) is 0 Å². The zero-order valence-corrected chi connectivity index (χ0v) is 12.8. The summed E-state index contributed by atoms with van der Waals surface area (Å²) >= 11 is 0. The maximum absolute atomic E-state index is 13.4. The highest BCUT2D eigenvalue weighted by Gasteiger charge is 2.26. The Hall–Kier alpha value is 0.120. The molecule has 2 nitrogen and oxygen atoms in total. The predicted molar refractivity (Wildman–Crippen MR) is 72.3 cm³/mol. The molecule has 4 heteroatoms. The molecule has 0 aromatic heterocycles. The average Bonchev–Trinajstić information content (AvgIpc) is 2.16. The van der Waals surface area contributed by atoms with Crippen molar-refractivity contribution in [3.05, 3.63) is 0 Å². The van der Waals surface area contributed by atoms with Gasteiger partial charge in [-0.1, -0.05) is 53.9 Å². The van der Waals surface area contributed by atoms with Crippen LogP contribution in [-0.2, 0) is 9.09 Å². The van der Waals surface area contributed by atoms with E-state index in [0.29, 0.717) is 5.92 Å². The minimum Gasteiger partial charge on any atom is -0.305 e. The summed E-state index contributed by atoms with van der Waals surface area (Å²) in [4.78, 5) is 0. The molecule has 104 valence electrons. The van der Waals surface area contributed by atoms with Gasteiger partial charge < -0.3 is 4.52 Å². The van der Waals surface area contributed by atoms with Crippen LogP contribution in [0.2, 0.25) is 0 Å². The van der Waals surface area contributed by atoms with Crippen molar-refractivity contribution in [3.8, 4) is 0 Å². The monoisotopic (exact) mass is 266 g/mol. The Morgan fingerprint density at radius 1 is 1.06 bits per heavy atom. The van der Waals surface area contributed by atoms with E-state index in [1.165, 1.54) is 12.8 Å². The standard InChI is InChI=1S/C13H28FO2P/c1-11(2)7-6-8-13(5)9-10-16-17(14,15)12(3)4/h11-13H,6-10H2,1-5H3. The lowest BCUT2D eigenvalue weighted by molar-refractivity contribution is 0.252. The maximum Gasteiger partial charge on any atom is 0.369 e. The Morgan fingerprint density at radius 3 is 2.12 bits per heavy atom. The van der Waals surface area contributed by atoms with Crippen molar-refractivity contribution >= 4 is 7.68 Å². The summed E-state index contributed by atoms with van der Waals surface area (Å²) in [6.45, 7) is 10.0. The lowest BCUT2D eigenvalue weighted by Gasteiger charge is -2.15. The Kier molecular flexibility index (Phi) is 8.32. The van der Waals surface area contributed by atoms with E-state index in [1.54, 1.807) is 13.8 Å². The molecule has 2 atom stereocenters. The van der Waals surface area contributed by atoms with E-state index >= 15 is 0 Å². The molecule has 0 radical (unpaired) electrons. The van der Waals surface area contributed by atoms with Crippen LogP contribution in [0.15, 0.2) is 0 Å². The van der Waals surface area contributed by atoms with E-state index in [1.807, 2.05) is 0 Å². The SMILES string of the molecule is CC(C)CCCC(C)CCOP(=O)(F)C(C)C. The average molecular weight is 266 g/mol. The Labute approximate surface area is 106 Å². The van der Waals surface area contributed by atoms with Gasteiger partial charge in [-0.3, -0.25) is 4.57 Å². The molecular formula is C13H28FO2P. The van der Waals surface area contributed by atoms with Crippen LogP contribution in [0.25, 0.3) is 0 Å². The van der Waals surface area contributed by atoms with Crippen molar-refractivity contribution in [3.63, 3.8) is 0 Å². The summed E-state index contributed by atoms with van der Waals surface area (Å²) in [5, 5.41) is 0. The van der Waals surface area contributed by atoms with Gasteiger partial charge in [-0.2, -0.15) is 4.20 Å². The van der Waals surface area contributed by atoms with Gasteiger partial charge in [0.1, 0.15) is 0 Å². The molecule has 0 aliphatic rings. The first kappa shape index (κ1) is 17.1. The van der Waals surface area contributed by atoms with Crippen molar-refractivity contribution < 1.29 is 13.3 Å². The van der Waals surface area contributed by atoms with Crippen LogP contribution in [0.1, 0.15) is 60.3 Å². The van der Waals surface area contributed by atoms with Gasteiger partial charge in [0.15, 0.2) is 0 Å². The summed E-state index contributed by atoms with van der Waals surface area (Å²) in [5.74, 6) is 1.26. The van der Waals surface area contributed by atoms with Gasteiger partial charge in [0, 0.05) is 0 Å². The first-order valence-corrected chi connectivity index (χ1v) is 8.28. The molecule has 0 aliphatic heterocycles. The van der Waals surface area contributed by atoms with Gasteiger partial charge in [-0.25, -0.2) is 0 Å². The largest absolute Gasteiger partial charge is 0.369 e. The third-order valence-electron chi connectivity index (χ3n) is 2.97. The molecule has 0 amide bonds. The van der Waals surface area contributed by atoms with E-state index in [2.05, 4.69) is 20.8 Å². The fourth-order valence-corrected chi connectivity index (χ4v) is 2.20. The first-order valence-electron chi connectivity index (χ1n) is 6.69. The Morgan fingerprint density at radius 2 is 1.65 bits per heavy atom. The van der Waals surface area contributed by atoms with E-state index in [4.69, 9.17) is 4.52 Å². The lowest BCUT2D eigenvalue weighted by Crippen LogP contribution is -2.04. The van der Waals surface area contributed by atoms with Crippen LogP contribution in [0.5, 0.6) is 0 Å². The van der Waals surface area contributed by atoms with Crippen LogP contribution >= 0.6 is 7.68 Å². The highest BCUT2D eigenvalue weighted by molar-refractivity contribution is 7.54. The molecule has 0 saturated heterocycles. The molecule has 2 unspecified atom stereocenters. The molecule has 0 saturated carbocycles. The zero-order valence-electron chi connectivity index (χ0n) is 11.9. The molecule has 0 bridgehead atoms. The molecular weight excluding hydrogens is 238 g/mol. The summed E-state index contributed by atoms with van der Waals surface area (Å²) in [6, 6.07) is 0. The van der Waals surface area contributed by atoms with Crippen molar-refractivity contribution in [2.75, 3.05) is 6.61 Å². The van der Waals surface area contributed by atoms with Crippen LogP contribution < -0.4 is 0 Å². The van der Waals surface area contributed by atoms with Gasteiger partial charge in [0.2, 0.25) is 0 Å². The predicted octanol–water partition coefficient (Wildman–Crippen LogP) is 5.43. The molecule has 0 fully saturated rings. The third kappa shape index (κ3) is 8.79. The fourth-order valence-electron chi connectivity index (χ4n) is 1.55. The molecule has 17 heavy (non-hydrogen) atoms. The van der Waals surface area contributed by atoms with Gasteiger partial charge in [-0.15, -0.1) is 0 Å². The second kappa shape index (κ2) is 8.26. The van der Waals surface area contributed by atoms with Crippen molar-refractivity contribution in [1.29, 1.82) is 0 Å². The minimum absolute atomic E-state index is 0.273. The topological polar surface area (TPSA) is 26.3 Å². The molecule has 0 rings (SSSR count). The second-order valence-electron chi connectivity index (χ2n) is 5.67. The van der Waals surface area contributed by atoms with Crippen LogP contribution in [0, 0.1) is 11.8 Å². The normalized spacial score (nSPS) is 17.4. The van der Waals surface area contributed by atoms with Crippen molar-refractivity contribution in [2.45, 2.75) is 66.0 Å². The van der Waals surface area contributed by atoms with Crippen molar-refractivity contribution in [1.82, 2.24) is 0 Å². The van der Waals surface area contributed by atoms with Gasteiger partial charge in [-0.05, 0) is 18.3 Å². The molecule has 0 N–H and O–H groups in total. The maximum atomic E-state index is 13.4. The van der Waals surface area contributed by atoms with Gasteiger partial charge in [0.25, 0.3) is 0 Å². The molecule has 0 aromatic rings. The fraction of sp³-hybridized carbons (Fsp3) is 1.00. The van der Waals surface area contributed by atoms with Crippen LogP contribution in [0.4, 0.5) is 4.20 Å². The number of hydrogen-bond donors (Lipinski definition) is 0. The molecule has 0 aromatic carbocycles. The summed E-state index contributed by atoms with van der Waals surface area (Å²) in [7, 11) is -3.86. The van der Waals surface area contributed by atoms with Gasteiger partial charge in [0.05, 0.1) is 12.3 Å². The van der Waals surface area contributed by atoms with E-state index in [0.717, 1.165) is 18.8 Å². The second-order valence-corrected chi connectivity index (χ2v) is 8.00. The minimum atomic E-state index is -3.86. The number of hydrogen-bond acceptors (Lipinski definition) is 2. The third-order valence-corrected chi connectivity index (χ3v) is 4.74. The van der Waals surface area contributed by atoms with E-state index < -0.39 is 13.3 Å². The molecule has 0 spiro atoms. The van der Waals surface area contributed by atoms with Crippen LogP contribution in [-0.4, -0.2) is 12.3 Å². The van der Waals surface area contributed by atoms with Gasteiger partial charge >= 0.3 is 7.68 Å². The summed E-state index contributed by atoms with van der Waals surface area (Å²) < 4.78 is 29.5. The highest BCUT2D eigenvalue weighted by atomic mass is 31.2. The molecule has 0 aliphatic carbocycles. The summed E-state index contributed by atoms with van der Waals surface area (Å²) in [5.41, 5.74) is -0.529. The first-order chi connectivity index (χ1) is 7.75. The number of rotatable bonds is 9. The zero-order chi connectivity index (χ0) is 13.5. The molecule has 0 heterocycles. The Bertz CT molecular complexity index is 242. The highest BCUT2D eigenvalue weighted by Crippen LogP contribution is 2.53. The smallest absolute Gasteiger partial charge is 0.305 e. The van der Waals surface area contributed by atoms with Crippen molar-refractivity contribution in [2.24, 2.45) is 11.8 Å². The lowest BCUT2D eigenvalue weighted by atomic mass is 9.98. The van der Waals surface area contributed by atoms with E-state index in [-0.39, 0.29) is 6.61 Å². The number of halogens is 1. The summed E-state index contributed by atoms with van der Waals surface area (Å²) in [6.07, 6.45) is 4.37.